The van der Waals surface area contributed by atoms with Gasteiger partial charge in [0.05, 0.1) is 32.0 Å². The number of ether oxygens (including phenoxy) is 4. The van der Waals surface area contributed by atoms with Crippen LogP contribution in [0.15, 0.2) is 115 Å². The second-order valence-electron chi connectivity index (χ2n) is 11.0. The molecule has 1 fully saturated rings. The van der Waals surface area contributed by atoms with Gasteiger partial charge in [-0.05, 0) is 30.0 Å². The minimum Gasteiger partial charge on any atom is -0.370 e. The highest BCUT2D eigenvalue weighted by Crippen LogP contribution is 2.42. The van der Waals surface area contributed by atoms with Gasteiger partial charge < -0.3 is 18.9 Å². The monoisotopic (exact) mass is 564 g/mol. The van der Waals surface area contributed by atoms with E-state index in [1.165, 1.54) is 0 Å². The Morgan fingerprint density at radius 3 is 1.74 bits per heavy atom. The minimum absolute atomic E-state index is 0.0567. The molecule has 4 aromatic rings. The lowest BCUT2D eigenvalue weighted by Crippen LogP contribution is -2.67. The molecule has 5 heteroatoms. The van der Waals surface area contributed by atoms with E-state index < -0.39 is 18.0 Å². The van der Waals surface area contributed by atoms with Crippen molar-refractivity contribution in [1.82, 2.24) is 0 Å². The number of aryl methyl sites for hydroxylation is 1. The minimum atomic E-state index is -1.73. The van der Waals surface area contributed by atoms with Crippen LogP contribution < -0.4 is 0 Å². The van der Waals surface area contributed by atoms with Crippen molar-refractivity contribution in [1.29, 1.82) is 0 Å². The molecular weight excluding hydrogens is 524 g/mol. The van der Waals surface area contributed by atoms with Crippen molar-refractivity contribution in [3.63, 3.8) is 0 Å². The van der Waals surface area contributed by atoms with Gasteiger partial charge in [-0.15, -0.1) is 0 Å². The molecule has 1 heterocycles. The molecule has 0 spiro atoms. The van der Waals surface area contributed by atoms with E-state index in [-0.39, 0.29) is 31.0 Å². The Bertz CT molecular complexity index is 1390. The zero-order chi connectivity index (χ0) is 29.4. The average molecular weight is 565 g/mol. The summed E-state index contributed by atoms with van der Waals surface area (Å²) in [5, 5.41) is 0. The molecule has 0 N–H and O–H groups in total. The van der Waals surface area contributed by atoms with Gasteiger partial charge >= 0.3 is 0 Å². The summed E-state index contributed by atoms with van der Waals surface area (Å²) in [4.78, 5) is 14.7. The largest absolute Gasteiger partial charge is 0.370 e. The predicted octanol–water partition coefficient (Wildman–Crippen LogP) is 7.71. The second kappa shape index (κ2) is 14.0. The van der Waals surface area contributed by atoms with E-state index in [0.29, 0.717) is 18.6 Å². The number of hydrogen-bond acceptors (Lipinski definition) is 5. The molecular formula is C37H40O5. The Labute approximate surface area is 249 Å². The maximum absolute atomic E-state index is 14.7. The van der Waals surface area contributed by atoms with Crippen LogP contribution in [0.5, 0.6) is 0 Å². The Hall–Kier alpha value is -3.61. The molecule has 0 aromatic heterocycles. The quantitative estimate of drug-likeness (QED) is 0.165. The SMILES string of the molecule is CC[C@H]1O[C@@](OCc2ccccc2)(C(=O)c2ccc(C)cc2)[C@H](OCc2ccccc2)[C@@H](OCc2ccccc2)[C@@H]1C. The molecule has 42 heavy (non-hydrogen) atoms. The molecule has 0 bridgehead atoms. The molecule has 0 amide bonds. The van der Waals surface area contributed by atoms with Gasteiger partial charge in [-0.3, -0.25) is 4.79 Å². The summed E-state index contributed by atoms with van der Waals surface area (Å²) in [7, 11) is 0. The van der Waals surface area contributed by atoms with Gasteiger partial charge in [-0.1, -0.05) is 135 Å². The fourth-order valence-corrected chi connectivity index (χ4v) is 5.56. The van der Waals surface area contributed by atoms with Crippen molar-refractivity contribution in [2.75, 3.05) is 0 Å². The van der Waals surface area contributed by atoms with Crippen molar-refractivity contribution < 1.29 is 23.7 Å². The van der Waals surface area contributed by atoms with Crippen molar-refractivity contribution in [2.24, 2.45) is 5.92 Å². The summed E-state index contributed by atoms with van der Waals surface area (Å²) in [5.41, 5.74) is 4.55. The number of hydrogen-bond donors (Lipinski definition) is 0. The van der Waals surface area contributed by atoms with Crippen molar-refractivity contribution in [3.8, 4) is 0 Å². The highest BCUT2D eigenvalue weighted by atomic mass is 16.7. The van der Waals surface area contributed by atoms with Crippen LogP contribution in [-0.4, -0.2) is 29.9 Å². The summed E-state index contributed by atoms with van der Waals surface area (Å²) in [6.07, 6.45) is -0.905. The molecule has 1 aliphatic rings. The number of Topliss-reactive ketones (excluding diaryl/α,β-unsaturated/α-hetero) is 1. The first kappa shape index (κ1) is 29.9. The third kappa shape index (κ3) is 6.88. The van der Waals surface area contributed by atoms with E-state index in [1.54, 1.807) is 0 Å². The predicted molar refractivity (Wildman–Crippen MR) is 164 cm³/mol. The number of ketones is 1. The molecule has 5 atom stereocenters. The van der Waals surface area contributed by atoms with Gasteiger partial charge in [0.25, 0.3) is 5.79 Å². The van der Waals surface area contributed by atoms with Gasteiger partial charge in [0, 0.05) is 11.5 Å². The molecule has 1 saturated heterocycles. The second-order valence-corrected chi connectivity index (χ2v) is 11.0. The topological polar surface area (TPSA) is 54.0 Å². The van der Waals surface area contributed by atoms with Crippen LogP contribution in [0.1, 0.15) is 52.9 Å². The van der Waals surface area contributed by atoms with E-state index in [9.17, 15) is 4.79 Å². The normalized spacial score (nSPS) is 23.9. The Balaban J connectivity index is 1.58. The van der Waals surface area contributed by atoms with E-state index in [1.807, 2.05) is 122 Å². The van der Waals surface area contributed by atoms with Crippen molar-refractivity contribution >= 4 is 5.78 Å². The van der Waals surface area contributed by atoms with Crippen LogP contribution in [-0.2, 0) is 38.8 Å². The smallest absolute Gasteiger partial charge is 0.264 e. The summed E-state index contributed by atoms with van der Waals surface area (Å²) in [5.74, 6) is -2.05. The molecule has 0 aliphatic carbocycles. The molecule has 4 aromatic carbocycles. The Kier molecular flexibility index (Phi) is 9.98. The molecule has 218 valence electrons. The average Bonchev–Trinajstić information content (AvgIpc) is 3.04. The lowest BCUT2D eigenvalue weighted by Gasteiger charge is -2.51. The third-order valence-corrected chi connectivity index (χ3v) is 7.99. The summed E-state index contributed by atoms with van der Waals surface area (Å²) >= 11 is 0. The van der Waals surface area contributed by atoms with Crippen LogP contribution in [0.4, 0.5) is 0 Å². The first-order valence-corrected chi connectivity index (χ1v) is 14.8. The fraction of sp³-hybridized carbons (Fsp3) is 0.324. The lowest BCUT2D eigenvalue weighted by molar-refractivity contribution is -0.344. The Morgan fingerprint density at radius 1 is 0.714 bits per heavy atom. The van der Waals surface area contributed by atoms with E-state index in [2.05, 4.69) is 13.8 Å². The number of carbonyl (C=O) groups excluding carboxylic acids is 1. The highest BCUT2D eigenvalue weighted by molar-refractivity contribution is 6.02. The van der Waals surface area contributed by atoms with Gasteiger partial charge in [0.2, 0.25) is 5.78 Å². The zero-order valence-corrected chi connectivity index (χ0v) is 24.6. The first-order chi connectivity index (χ1) is 20.5. The first-order valence-electron chi connectivity index (χ1n) is 14.8. The van der Waals surface area contributed by atoms with E-state index in [4.69, 9.17) is 18.9 Å². The van der Waals surface area contributed by atoms with Gasteiger partial charge in [-0.25, -0.2) is 0 Å². The van der Waals surface area contributed by atoms with Gasteiger partial charge in [0.15, 0.2) is 0 Å². The van der Waals surface area contributed by atoms with E-state index in [0.717, 1.165) is 22.3 Å². The maximum atomic E-state index is 14.7. The molecule has 0 radical (unpaired) electrons. The lowest BCUT2D eigenvalue weighted by atomic mass is 9.81. The standard InChI is InChI=1S/C37H40O5/c1-4-33-28(3)34(39-24-29-14-8-5-9-15-29)36(40-25-30-16-10-6-11-17-30)37(42-33,41-26-31-18-12-7-13-19-31)35(38)32-22-20-27(2)21-23-32/h5-23,28,33-34,36H,4,24-26H2,1-3H3/t28-,33-,34+,36-,37+/m1/s1. The van der Waals surface area contributed by atoms with Crippen LogP contribution in [0, 0.1) is 12.8 Å². The van der Waals surface area contributed by atoms with Crippen LogP contribution in [0.25, 0.3) is 0 Å². The van der Waals surface area contributed by atoms with E-state index >= 15 is 0 Å². The zero-order valence-electron chi connectivity index (χ0n) is 24.6. The summed E-state index contributed by atoms with van der Waals surface area (Å²) in [6, 6.07) is 37.4. The summed E-state index contributed by atoms with van der Waals surface area (Å²) in [6.45, 7) is 7.02. The van der Waals surface area contributed by atoms with Crippen LogP contribution in [0.2, 0.25) is 0 Å². The number of carbonyl (C=O) groups is 1. The number of rotatable bonds is 12. The fourth-order valence-electron chi connectivity index (χ4n) is 5.56. The number of benzene rings is 4. The van der Waals surface area contributed by atoms with Gasteiger partial charge in [-0.2, -0.15) is 0 Å². The molecule has 1 aliphatic heterocycles. The van der Waals surface area contributed by atoms with Gasteiger partial charge in [0.1, 0.15) is 6.10 Å². The highest BCUT2D eigenvalue weighted by Gasteiger charge is 2.60. The third-order valence-electron chi connectivity index (χ3n) is 7.99. The molecule has 5 rings (SSSR count). The molecule has 0 unspecified atom stereocenters. The molecule has 5 nitrogen and oxygen atoms in total. The van der Waals surface area contributed by atoms with Crippen molar-refractivity contribution in [2.45, 2.75) is 71.1 Å². The molecule has 0 saturated carbocycles. The van der Waals surface area contributed by atoms with Crippen molar-refractivity contribution in [3.05, 3.63) is 143 Å². The van der Waals surface area contributed by atoms with Crippen LogP contribution in [0.3, 0.4) is 0 Å². The Morgan fingerprint density at radius 2 is 1.21 bits per heavy atom. The van der Waals surface area contributed by atoms with Crippen LogP contribution >= 0.6 is 0 Å². The maximum Gasteiger partial charge on any atom is 0.264 e. The summed E-state index contributed by atoms with van der Waals surface area (Å²) < 4.78 is 26.9.